The van der Waals surface area contributed by atoms with Crippen molar-refractivity contribution in [3.8, 4) is 11.5 Å². The third-order valence-corrected chi connectivity index (χ3v) is 2.93. The topological polar surface area (TPSA) is 18.5 Å². The number of benzene rings is 1. The zero-order chi connectivity index (χ0) is 12.1. The lowest BCUT2D eigenvalue weighted by Crippen LogP contribution is -2.11. The van der Waals surface area contributed by atoms with Gasteiger partial charge in [-0.3, -0.25) is 0 Å². The van der Waals surface area contributed by atoms with Gasteiger partial charge in [0.2, 0.25) is 0 Å². The molecule has 1 aromatic rings. The van der Waals surface area contributed by atoms with E-state index < -0.39 is 0 Å². The minimum Gasteiger partial charge on any atom is -0.493 e. The van der Waals surface area contributed by atoms with E-state index in [9.17, 15) is 0 Å². The fourth-order valence-corrected chi connectivity index (χ4v) is 1.68. The minimum absolute atomic E-state index is 0.105. The summed E-state index contributed by atoms with van der Waals surface area (Å²) in [6.07, 6.45) is 1.02. The zero-order valence-electron chi connectivity index (χ0n) is 9.72. The van der Waals surface area contributed by atoms with Gasteiger partial charge in [0.25, 0.3) is 0 Å². The molecule has 0 bridgehead atoms. The second-order valence-corrected chi connectivity index (χ2v) is 4.25. The highest BCUT2D eigenvalue weighted by Crippen LogP contribution is 2.37. The lowest BCUT2D eigenvalue weighted by atomic mass is 10.2. The van der Waals surface area contributed by atoms with Crippen LogP contribution in [0, 0.1) is 0 Å². The normalized spacial score (nSPS) is 12.3. The van der Waals surface area contributed by atoms with Crippen LogP contribution < -0.4 is 9.47 Å². The number of hydrogen-bond acceptors (Lipinski definition) is 2. The third kappa shape index (κ3) is 3.19. The maximum Gasteiger partial charge on any atom is 0.180 e. The largest absolute Gasteiger partial charge is 0.493 e. The Morgan fingerprint density at radius 2 is 2.06 bits per heavy atom. The van der Waals surface area contributed by atoms with E-state index in [4.69, 9.17) is 32.7 Å². The molecule has 0 heterocycles. The Bertz CT molecular complexity index is 353. The Morgan fingerprint density at radius 1 is 1.38 bits per heavy atom. The summed E-state index contributed by atoms with van der Waals surface area (Å²) in [5.74, 6) is 1.62. The molecule has 4 heteroatoms. The van der Waals surface area contributed by atoms with Crippen LogP contribution in [0.5, 0.6) is 11.5 Å². The van der Waals surface area contributed by atoms with Crippen LogP contribution in [0.25, 0.3) is 0 Å². The first-order chi connectivity index (χ1) is 7.62. The number of ether oxygens (including phenoxy) is 2. The van der Waals surface area contributed by atoms with Crippen LogP contribution in [0.1, 0.15) is 25.8 Å². The lowest BCUT2D eigenvalue weighted by Gasteiger charge is -2.17. The van der Waals surface area contributed by atoms with Gasteiger partial charge in [0.15, 0.2) is 11.5 Å². The van der Waals surface area contributed by atoms with Crippen molar-refractivity contribution in [2.24, 2.45) is 0 Å². The van der Waals surface area contributed by atoms with Gasteiger partial charge < -0.3 is 9.47 Å². The highest BCUT2D eigenvalue weighted by atomic mass is 35.5. The van der Waals surface area contributed by atoms with Crippen LogP contribution >= 0.6 is 23.2 Å². The summed E-state index contributed by atoms with van der Waals surface area (Å²) in [5, 5.41) is 0.537. The molecule has 16 heavy (non-hydrogen) atoms. The molecule has 0 amide bonds. The summed E-state index contributed by atoms with van der Waals surface area (Å²) in [4.78, 5) is 0. The molecule has 1 unspecified atom stereocenters. The quantitative estimate of drug-likeness (QED) is 0.739. The predicted molar refractivity (Wildman–Crippen MR) is 67.9 cm³/mol. The Kier molecular flexibility index (Phi) is 5.23. The maximum absolute atomic E-state index is 6.13. The van der Waals surface area contributed by atoms with Crippen molar-refractivity contribution in [2.45, 2.75) is 32.3 Å². The van der Waals surface area contributed by atoms with Crippen molar-refractivity contribution >= 4 is 23.2 Å². The summed E-state index contributed by atoms with van der Waals surface area (Å²) in [7, 11) is 1.59. The monoisotopic (exact) mass is 262 g/mol. The first kappa shape index (κ1) is 13.5. The molecule has 0 N–H and O–H groups in total. The molecule has 0 aliphatic rings. The fourth-order valence-electron chi connectivity index (χ4n) is 1.25. The van der Waals surface area contributed by atoms with E-state index in [0.717, 1.165) is 12.0 Å². The van der Waals surface area contributed by atoms with Gasteiger partial charge in [0, 0.05) is 5.88 Å². The van der Waals surface area contributed by atoms with Gasteiger partial charge in [-0.2, -0.15) is 0 Å². The Hall–Kier alpha value is -0.600. The summed E-state index contributed by atoms with van der Waals surface area (Å²) in [6, 6.07) is 3.64. The van der Waals surface area contributed by atoms with Crippen molar-refractivity contribution in [1.29, 1.82) is 0 Å². The minimum atomic E-state index is 0.105. The Labute approximate surface area is 106 Å². The average molecular weight is 263 g/mol. The molecule has 1 rings (SSSR count). The van der Waals surface area contributed by atoms with E-state index in [1.807, 2.05) is 13.0 Å². The zero-order valence-corrected chi connectivity index (χ0v) is 11.2. The van der Waals surface area contributed by atoms with Gasteiger partial charge in [0.05, 0.1) is 18.2 Å². The summed E-state index contributed by atoms with van der Waals surface area (Å²) >= 11 is 11.9. The van der Waals surface area contributed by atoms with Crippen LogP contribution in [0.4, 0.5) is 0 Å². The first-order valence-corrected chi connectivity index (χ1v) is 6.12. The highest BCUT2D eigenvalue weighted by Gasteiger charge is 2.13. The van der Waals surface area contributed by atoms with E-state index >= 15 is 0 Å². The third-order valence-electron chi connectivity index (χ3n) is 2.34. The molecule has 1 aromatic carbocycles. The number of halogens is 2. The summed E-state index contributed by atoms with van der Waals surface area (Å²) in [6.45, 7) is 4.05. The SMILES string of the molecule is CCC(C)Oc1c(Cl)cc(CCl)cc1OC. The average Bonchev–Trinajstić information content (AvgIpc) is 2.30. The molecule has 1 atom stereocenters. The maximum atomic E-state index is 6.13. The molecule has 0 spiro atoms. The molecule has 0 aliphatic carbocycles. The van der Waals surface area contributed by atoms with E-state index in [0.29, 0.717) is 22.4 Å². The molecule has 0 fully saturated rings. The van der Waals surface area contributed by atoms with Crippen molar-refractivity contribution in [3.63, 3.8) is 0 Å². The van der Waals surface area contributed by atoms with Crippen LogP contribution in [0.3, 0.4) is 0 Å². The molecule has 0 radical (unpaired) electrons. The van der Waals surface area contributed by atoms with E-state index in [1.165, 1.54) is 0 Å². The van der Waals surface area contributed by atoms with Crippen molar-refractivity contribution < 1.29 is 9.47 Å². The molecule has 2 nitrogen and oxygen atoms in total. The van der Waals surface area contributed by atoms with Gasteiger partial charge in [-0.05, 0) is 31.0 Å². The van der Waals surface area contributed by atoms with Gasteiger partial charge in [-0.25, -0.2) is 0 Å². The van der Waals surface area contributed by atoms with Gasteiger partial charge in [-0.15, -0.1) is 11.6 Å². The molecular formula is C12H16Cl2O2. The smallest absolute Gasteiger partial charge is 0.180 e. The molecule has 0 aliphatic heterocycles. The molecular weight excluding hydrogens is 247 g/mol. The molecule has 90 valence electrons. The van der Waals surface area contributed by atoms with Crippen LogP contribution in [0.15, 0.2) is 12.1 Å². The highest BCUT2D eigenvalue weighted by molar-refractivity contribution is 6.32. The van der Waals surface area contributed by atoms with Crippen LogP contribution in [-0.4, -0.2) is 13.2 Å². The number of alkyl halides is 1. The fraction of sp³-hybridized carbons (Fsp3) is 0.500. The van der Waals surface area contributed by atoms with E-state index in [1.54, 1.807) is 13.2 Å². The van der Waals surface area contributed by atoms with E-state index in [2.05, 4.69) is 6.92 Å². The van der Waals surface area contributed by atoms with Crippen molar-refractivity contribution in [2.75, 3.05) is 7.11 Å². The van der Waals surface area contributed by atoms with E-state index in [-0.39, 0.29) is 6.10 Å². The molecule has 0 aromatic heterocycles. The van der Waals surface area contributed by atoms with Gasteiger partial charge in [0.1, 0.15) is 0 Å². The Morgan fingerprint density at radius 3 is 2.56 bits per heavy atom. The Balaban J connectivity index is 3.06. The number of rotatable bonds is 5. The molecule has 0 saturated heterocycles. The van der Waals surface area contributed by atoms with Gasteiger partial charge in [-0.1, -0.05) is 18.5 Å². The summed E-state index contributed by atoms with van der Waals surface area (Å²) < 4.78 is 11.0. The first-order valence-electron chi connectivity index (χ1n) is 5.21. The number of methoxy groups -OCH3 is 1. The second-order valence-electron chi connectivity index (χ2n) is 3.58. The van der Waals surface area contributed by atoms with Crippen LogP contribution in [0.2, 0.25) is 5.02 Å². The second kappa shape index (κ2) is 6.21. The number of hydrogen-bond donors (Lipinski definition) is 0. The van der Waals surface area contributed by atoms with Crippen LogP contribution in [-0.2, 0) is 5.88 Å². The lowest BCUT2D eigenvalue weighted by molar-refractivity contribution is 0.208. The van der Waals surface area contributed by atoms with Crippen molar-refractivity contribution in [1.82, 2.24) is 0 Å². The summed E-state index contributed by atoms with van der Waals surface area (Å²) in [5.41, 5.74) is 0.917. The van der Waals surface area contributed by atoms with Gasteiger partial charge >= 0.3 is 0 Å². The molecule has 0 saturated carbocycles. The predicted octanol–water partition coefficient (Wildman–Crippen LogP) is 4.26. The van der Waals surface area contributed by atoms with Crippen molar-refractivity contribution in [3.05, 3.63) is 22.7 Å². The standard InChI is InChI=1S/C12H16Cl2O2/c1-4-8(2)16-12-10(14)5-9(7-13)6-11(12)15-3/h5-6,8H,4,7H2,1-3H3.